The summed E-state index contributed by atoms with van der Waals surface area (Å²) >= 11 is 5.68. The van der Waals surface area contributed by atoms with E-state index in [0.717, 1.165) is 0 Å². The van der Waals surface area contributed by atoms with Crippen LogP contribution in [-0.2, 0) is 9.59 Å². The molecule has 1 aromatic carbocycles. The number of carboxylic acid groups (broad SMARTS) is 1. The number of ketones is 1. The van der Waals surface area contributed by atoms with Gasteiger partial charge in [0.1, 0.15) is 11.1 Å². The molecule has 1 atom stereocenters. The molecule has 0 aliphatic heterocycles. The van der Waals surface area contributed by atoms with E-state index in [1.54, 1.807) is 24.3 Å². The number of ether oxygens (including phenoxy) is 1. The van der Waals surface area contributed by atoms with Crippen molar-refractivity contribution < 1.29 is 19.4 Å². The molecule has 0 amide bonds. The third-order valence-corrected chi connectivity index (χ3v) is 2.30. The Morgan fingerprint density at radius 2 is 1.87 bits per heavy atom. The Kier molecular flexibility index (Phi) is 3.68. The first-order chi connectivity index (χ1) is 7.06. The lowest BCUT2D eigenvalue weighted by Crippen LogP contribution is -2.17. The predicted molar refractivity (Wildman–Crippen MR) is 54.2 cm³/mol. The third kappa shape index (κ3) is 2.70. The van der Waals surface area contributed by atoms with Gasteiger partial charge < -0.3 is 9.84 Å². The lowest BCUT2D eigenvalue weighted by Gasteiger charge is -2.06. The van der Waals surface area contributed by atoms with Crippen molar-refractivity contribution >= 4 is 23.4 Å². The van der Waals surface area contributed by atoms with Crippen LogP contribution in [0, 0.1) is 0 Å². The molecular formula is C10H9ClO4. The highest BCUT2D eigenvalue weighted by Crippen LogP contribution is 2.23. The number of alkyl halides is 1. The van der Waals surface area contributed by atoms with Gasteiger partial charge >= 0.3 is 5.97 Å². The summed E-state index contributed by atoms with van der Waals surface area (Å²) < 4.78 is 4.91. The molecule has 15 heavy (non-hydrogen) atoms. The Balaban J connectivity index is 2.87. The number of carbonyl (C=O) groups is 2. The van der Waals surface area contributed by atoms with Gasteiger partial charge in [0.2, 0.25) is 0 Å². The quantitative estimate of drug-likeness (QED) is 0.628. The summed E-state index contributed by atoms with van der Waals surface area (Å²) in [4.78, 5) is 21.4. The number of benzene rings is 1. The first-order valence-corrected chi connectivity index (χ1v) is 4.55. The summed E-state index contributed by atoms with van der Waals surface area (Å²) in [5.41, 5.74) is 0.435. The Bertz CT molecular complexity index is 372. The summed E-state index contributed by atoms with van der Waals surface area (Å²) in [6, 6.07) is 6.33. The maximum Gasteiger partial charge on any atom is 0.374 e. The second-order valence-electron chi connectivity index (χ2n) is 2.81. The Morgan fingerprint density at radius 3 is 2.27 bits per heavy atom. The van der Waals surface area contributed by atoms with Crippen LogP contribution in [0.15, 0.2) is 24.3 Å². The summed E-state index contributed by atoms with van der Waals surface area (Å²) in [6.45, 7) is 0. The molecule has 4 nitrogen and oxygen atoms in total. The van der Waals surface area contributed by atoms with Crippen molar-refractivity contribution in [2.75, 3.05) is 7.11 Å². The van der Waals surface area contributed by atoms with Crippen molar-refractivity contribution in [3.8, 4) is 5.75 Å². The van der Waals surface area contributed by atoms with Gasteiger partial charge in [-0.25, -0.2) is 4.79 Å². The number of halogens is 1. The van der Waals surface area contributed by atoms with E-state index in [4.69, 9.17) is 21.4 Å². The third-order valence-electron chi connectivity index (χ3n) is 1.85. The number of hydrogen-bond donors (Lipinski definition) is 1. The number of carbonyl (C=O) groups excluding carboxylic acids is 1. The molecule has 0 aliphatic rings. The van der Waals surface area contributed by atoms with E-state index in [0.29, 0.717) is 11.3 Å². The van der Waals surface area contributed by atoms with Crippen LogP contribution in [-0.4, -0.2) is 24.0 Å². The molecular weight excluding hydrogens is 220 g/mol. The SMILES string of the molecule is COc1ccc(C(Cl)C(=O)C(=O)O)cc1. The second kappa shape index (κ2) is 4.79. The molecule has 80 valence electrons. The van der Waals surface area contributed by atoms with Crippen molar-refractivity contribution in [2.45, 2.75) is 5.38 Å². The highest BCUT2D eigenvalue weighted by molar-refractivity contribution is 6.47. The van der Waals surface area contributed by atoms with E-state index >= 15 is 0 Å². The predicted octanol–water partition coefficient (Wildman–Crippen LogP) is 1.63. The maximum absolute atomic E-state index is 11.0. The van der Waals surface area contributed by atoms with E-state index in [-0.39, 0.29) is 0 Å². The van der Waals surface area contributed by atoms with E-state index in [2.05, 4.69) is 0 Å². The Morgan fingerprint density at radius 1 is 1.33 bits per heavy atom. The van der Waals surface area contributed by atoms with Crippen LogP contribution in [0.5, 0.6) is 5.75 Å². The number of aliphatic carboxylic acids is 1. The van der Waals surface area contributed by atoms with Crippen LogP contribution in [0.25, 0.3) is 0 Å². The van der Waals surface area contributed by atoms with Gasteiger partial charge in [-0.1, -0.05) is 12.1 Å². The average Bonchev–Trinajstić information content (AvgIpc) is 2.27. The largest absolute Gasteiger partial charge is 0.497 e. The number of hydrogen-bond acceptors (Lipinski definition) is 3. The molecule has 0 bridgehead atoms. The zero-order chi connectivity index (χ0) is 11.4. The fourth-order valence-electron chi connectivity index (χ4n) is 1.03. The van der Waals surface area contributed by atoms with E-state index in [9.17, 15) is 9.59 Å². The van der Waals surface area contributed by atoms with Gasteiger partial charge in [-0.2, -0.15) is 0 Å². The lowest BCUT2D eigenvalue weighted by molar-refractivity contribution is -0.148. The van der Waals surface area contributed by atoms with Gasteiger partial charge in [-0.05, 0) is 17.7 Å². The Labute approximate surface area is 91.4 Å². The number of carboxylic acids is 1. The number of methoxy groups -OCH3 is 1. The normalized spacial score (nSPS) is 11.9. The Hall–Kier alpha value is -1.55. The fourth-order valence-corrected chi connectivity index (χ4v) is 1.27. The van der Waals surface area contributed by atoms with E-state index < -0.39 is 17.1 Å². The summed E-state index contributed by atoms with van der Waals surface area (Å²) in [5, 5.41) is 7.30. The van der Waals surface area contributed by atoms with Crippen molar-refractivity contribution in [2.24, 2.45) is 0 Å². The van der Waals surface area contributed by atoms with Gasteiger partial charge in [0.25, 0.3) is 5.78 Å². The lowest BCUT2D eigenvalue weighted by atomic mass is 10.1. The summed E-state index contributed by atoms with van der Waals surface area (Å²) in [7, 11) is 1.51. The summed E-state index contributed by atoms with van der Waals surface area (Å²) in [5.74, 6) is -1.96. The molecule has 0 heterocycles. The highest BCUT2D eigenvalue weighted by atomic mass is 35.5. The first-order valence-electron chi connectivity index (χ1n) is 4.11. The van der Waals surface area contributed by atoms with Crippen LogP contribution in [0.4, 0.5) is 0 Å². The zero-order valence-electron chi connectivity index (χ0n) is 7.94. The first kappa shape index (κ1) is 11.5. The highest BCUT2D eigenvalue weighted by Gasteiger charge is 2.23. The zero-order valence-corrected chi connectivity index (χ0v) is 8.69. The van der Waals surface area contributed by atoms with Crippen LogP contribution in [0.1, 0.15) is 10.9 Å². The minimum Gasteiger partial charge on any atom is -0.497 e. The average molecular weight is 229 g/mol. The minimum absolute atomic E-state index is 0.435. The monoisotopic (exact) mass is 228 g/mol. The maximum atomic E-state index is 11.0. The molecule has 1 unspecified atom stereocenters. The molecule has 5 heteroatoms. The van der Waals surface area contributed by atoms with Crippen molar-refractivity contribution in [1.82, 2.24) is 0 Å². The molecule has 1 aromatic rings. The molecule has 1 N–H and O–H groups in total. The van der Waals surface area contributed by atoms with Gasteiger partial charge in [-0.3, -0.25) is 4.79 Å². The van der Waals surface area contributed by atoms with Gasteiger partial charge in [-0.15, -0.1) is 11.6 Å². The molecule has 0 saturated heterocycles. The van der Waals surface area contributed by atoms with E-state index in [1.165, 1.54) is 7.11 Å². The smallest absolute Gasteiger partial charge is 0.374 e. The molecule has 0 saturated carbocycles. The fraction of sp³-hybridized carbons (Fsp3) is 0.200. The summed E-state index contributed by atoms with van der Waals surface area (Å²) in [6.07, 6.45) is 0. The van der Waals surface area contributed by atoms with Crippen LogP contribution >= 0.6 is 11.6 Å². The minimum atomic E-state index is -1.54. The number of Topliss-reactive ketones (excluding diaryl/α,β-unsaturated/α-hetero) is 1. The molecule has 0 radical (unpaired) electrons. The molecule has 1 rings (SSSR count). The topological polar surface area (TPSA) is 63.6 Å². The second-order valence-corrected chi connectivity index (χ2v) is 3.24. The van der Waals surface area contributed by atoms with Gasteiger partial charge in [0.05, 0.1) is 7.11 Å². The van der Waals surface area contributed by atoms with Crippen LogP contribution in [0.2, 0.25) is 0 Å². The van der Waals surface area contributed by atoms with Gasteiger partial charge in [0, 0.05) is 0 Å². The van der Waals surface area contributed by atoms with Gasteiger partial charge in [0.15, 0.2) is 0 Å². The number of rotatable bonds is 4. The van der Waals surface area contributed by atoms with E-state index in [1.807, 2.05) is 0 Å². The van der Waals surface area contributed by atoms with Crippen molar-refractivity contribution in [3.63, 3.8) is 0 Å². The molecule has 0 spiro atoms. The van der Waals surface area contributed by atoms with Crippen molar-refractivity contribution in [3.05, 3.63) is 29.8 Å². The van der Waals surface area contributed by atoms with Crippen LogP contribution in [0.3, 0.4) is 0 Å². The van der Waals surface area contributed by atoms with Crippen molar-refractivity contribution in [1.29, 1.82) is 0 Å². The molecule has 0 fully saturated rings. The molecule has 0 aromatic heterocycles. The standard InChI is InChI=1S/C10H9ClO4/c1-15-7-4-2-6(3-5-7)8(11)9(12)10(13)14/h2-5,8H,1H3,(H,13,14). The van der Waals surface area contributed by atoms with Crippen LogP contribution < -0.4 is 4.74 Å². The molecule has 0 aliphatic carbocycles.